The van der Waals surface area contributed by atoms with Crippen LogP contribution in [0.4, 0.5) is 0 Å². The molecule has 1 unspecified atom stereocenters. The Morgan fingerprint density at radius 3 is 2.85 bits per heavy atom. The monoisotopic (exact) mass is 371 g/mol. The van der Waals surface area contributed by atoms with Crippen molar-refractivity contribution in [3.05, 3.63) is 42.2 Å². The second kappa shape index (κ2) is 7.65. The average Bonchev–Trinajstić information content (AvgIpc) is 2.67. The lowest BCUT2D eigenvalue weighted by Crippen LogP contribution is -2.60. The van der Waals surface area contributed by atoms with Crippen molar-refractivity contribution < 1.29 is 14.2 Å². The maximum Gasteiger partial charge on any atom is 0.147 e. The van der Waals surface area contributed by atoms with E-state index >= 15 is 0 Å². The largest absolute Gasteiger partial charge is 0.377 e. The third kappa shape index (κ3) is 3.48. The van der Waals surface area contributed by atoms with E-state index in [4.69, 9.17) is 14.2 Å². The molecule has 4 heteroatoms. The van der Waals surface area contributed by atoms with Crippen LogP contribution in [-0.2, 0) is 20.8 Å². The molecule has 0 N–H and O–H groups in total. The number of pyridine rings is 1. The third-order valence-electron chi connectivity index (χ3n) is 7.65. The van der Waals surface area contributed by atoms with Gasteiger partial charge in [-0.2, -0.15) is 0 Å². The third-order valence-corrected chi connectivity index (χ3v) is 7.65. The number of ether oxygens (including phenoxy) is 3. The van der Waals surface area contributed by atoms with E-state index in [-0.39, 0.29) is 10.8 Å². The molecule has 0 radical (unpaired) electrons. The summed E-state index contributed by atoms with van der Waals surface area (Å²) < 4.78 is 17.8. The fraction of sp³-hybridized carbons (Fsp3) is 0.696. The van der Waals surface area contributed by atoms with E-state index in [9.17, 15) is 0 Å². The van der Waals surface area contributed by atoms with Gasteiger partial charge in [0.15, 0.2) is 0 Å². The topological polar surface area (TPSA) is 40.6 Å². The molecule has 0 bridgehead atoms. The highest BCUT2D eigenvalue weighted by Crippen LogP contribution is 2.62. The Morgan fingerprint density at radius 2 is 2.04 bits per heavy atom. The van der Waals surface area contributed by atoms with Crippen molar-refractivity contribution >= 4 is 0 Å². The summed E-state index contributed by atoms with van der Waals surface area (Å²) in [6.45, 7) is 12.1. The maximum atomic E-state index is 6.01. The fourth-order valence-electron chi connectivity index (χ4n) is 6.23. The highest BCUT2D eigenvalue weighted by molar-refractivity contribution is 5.18. The lowest BCUT2D eigenvalue weighted by atomic mass is 9.46. The van der Waals surface area contributed by atoms with E-state index in [1.165, 1.54) is 24.0 Å². The number of rotatable bonds is 5. The van der Waals surface area contributed by atoms with Crippen LogP contribution < -0.4 is 0 Å². The number of allylic oxidation sites excluding steroid dienone is 1. The molecule has 4 rings (SSSR count). The normalized spacial score (nSPS) is 38.9. The average molecular weight is 372 g/mol. The van der Waals surface area contributed by atoms with Gasteiger partial charge in [-0.3, -0.25) is 4.98 Å². The lowest BCUT2D eigenvalue weighted by molar-refractivity contribution is -0.260. The van der Waals surface area contributed by atoms with Crippen LogP contribution >= 0.6 is 0 Å². The Labute approximate surface area is 163 Å². The molecule has 0 amide bonds. The highest BCUT2D eigenvalue weighted by atomic mass is 16.7. The Morgan fingerprint density at radius 1 is 1.22 bits per heavy atom. The van der Waals surface area contributed by atoms with Gasteiger partial charge in [-0.25, -0.2) is 0 Å². The van der Waals surface area contributed by atoms with Crippen LogP contribution in [-0.4, -0.2) is 31.1 Å². The van der Waals surface area contributed by atoms with Gasteiger partial charge >= 0.3 is 0 Å². The Kier molecular flexibility index (Phi) is 5.41. The van der Waals surface area contributed by atoms with Crippen molar-refractivity contribution in [3.63, 3.8) is 0 Å². The number of hydrogen-bond donors (Lipinski definition) is 0. The van der Waals surface area contributed by atoms with Crippen molar-refractivity contribution in [1.82, 2.24) is 4.98 Å². The molecule has 2 saturated carbocycles. The summed E-state index contributed by atoms with van der Waals surface area (Å²) in [5.41, 5.74) is 2.99. The van der Waals surface area contributed by atoms with E-state index in [2.05, 4.69) is 25.4 Å². The maximum absolute atomic E-state index is 6.01. The Balaban J connectivity index is 1.43. The van der Waals surface area contributed by atoms with Gasteiger partial charge in [-0.05, 0) is 67.1 Å². The second-order valence-corrected chi connectivity index (χ2v) is 9.17. The minimum absolute atomic E-state index is 0.127. The molecular formula is C23H33NO3. The van der Waals surface area contributed by atoms with Crippen molar-refractivity contribution in [2.45, 2.75) is 58.7 Å². The summed E-state index contributed by atoms with van der Waals surface area (Å²) >= 11 is 0. The molecule has 1 aromatic rings. The first-order valence-electron chi connectivity index (χ1n) is 10.4. The molecule has 1 aromatic heterocycles. The quantitative estimate of drug-likeness (QED) is 0.553. The first kappa shape index (κ1) is 19.1. The molecule has 4 nitrogen and oxygen atoms in total. The number of hydrogen-bond acceptors (Lipinski definition) is 4. The standard InChI is InChI=1S/C23H33NO3/c1-17-4-5-20-22(2,10-6-21-23(20,3)15-26-16-27-21)19(17)9-13-25-14-18-7-11-24-12-8-18/h7-8,11-12,19-21H,1,4-6,9-10,13-16H2,2-3H3/t19-,20?,21-,22+,23+/m1/s1. The SMILES string of the molecule is C=C1CCC2[C@]3(C)COCO[C@@H]3CC[C@@]2(C)[C@@H]1CCOCc1ccncc1. The molecule has 2 aliphatic carbocycles. The van der Waals surface area contributed by atoms with Gasteiger partial charge in [0.25, 0.3) is 0 Å². The molecular weight excluding hydrogens is 338 g/mol. The predicted octanol–water partition coefficient (Wildman–Crippen LogP) is 4.75. The van der Waals surface area contributed by atoms with E-state index in [1.54, 1.807) is 0 Å². The summed E-state index contributed by atoms with van der Waals surface area (Å²) in [6, 6.07) is 4.03. The number of fused-ring (bicyclic) bond motifs is 3. The van der Waals surface area contributed by atoms with Crippen LogP contribution in [0.15, 0.2) is 36.7 Å². The van der Waals surface area contributed by atoms with E-state index in [0.29, 0.717) is 31.3 Å². The van der Waals surface area contributed by atoms with Crippen LogP contribution in [0.3, 0.4) is 0 Å². The van der Waals surface area contributed by atoms with Crippen LogP contribution in [0.25, 0.3) is 0 Å². The minimum atomic E-state index is 0.127. The van der Waals surface area contributed by atoms with Crippen molar-refractivity contribution in [2.24, 2.45) is 22.7 Å². The molecule has 148 valence electrons. The van der Waals surface area contributed by atoms with Crippen LogP contribution in [0.2, 0.25) is 0 Å². The van der Waals surface area contributed by atoms with Gasteiger partial charge < -0.3 is 14.2 Å². The summed E-state index contributed by atoms with van der Waals surface area (Å²) in [4.78, 5) is 4.06. The Bertz CT molecular complexity index is 663. The lowest BCUT2D eigenvalue weighted by Gasteiger charge is -2.62. The van der Waals surface area contributed by atoms with E-state index < -0.39 is 0 Å². The van der Waals surface area contributed by atoms with Crippen molar-refractivity contribution in [3.8, 4) is 0 Å². The van der Waals surface area contributed by atoms with Gasteiger partial charge in [0.2, 0.25) is 0 Å². The van der Waals surface area contributed by atoms with Gasteiger partial charge in [0.05, 0.1) is 19.3 Å². The summed E-state index contributed by atoms with van der Waals surface area (Å²) in [5.74, 6) is 1.15. The van der Waals surface area contributed by atoms with E-state index in [0.717, 1.165) is 32.5 Å². The Hall–Kier alpha value is -1.23. The molecule has 1 aliphatic heterocycles. The second-order valence-electron chi connectivity index (χ2n) is 9.17. The molecule has 27 heavy (non-hydrogen) atoms. The predicted molar refractivity (Wildman–Crippen MR) is 105 cm³/mol. The summed E-state index contributed by atoms with van der Waals surface area (Å²) in [7, 11) is 0. The molecule has 5 atom stereocenters. The van der Waals surface area contributed by atoms with Gasteiger partial charge in [-0.1, -0.05) is 26.0 Å². The van der Waals surface area contributed by atoms with Crippen LogP contribution in [0.1, 0.15) is 51.5 Å². The molecule has 1 saturated heterocycles. The summed E-state index contributed by atoms with van der Waals surface area (Å²) in [6.07, 6.45) is 9.72. The van der Waals surface area contributed by atoms with E-state index in [1.807, 2.05) is 24.5 Å². The van der Waals surface area contributed by atoms with Gasteiger partial charge in [0, 0.05) is 24.4 Å². The smallest absolute Gasteiger partial charge is 0.147 e. The van der Waals surface area contributed by atoms with Gasteiger partial charge in [-0.15, -0.1) is 0 Å². The zero-order valence-corrected chi connectivity index (χ0v) is 16.8. The van der Waals surface area contributed by atoms with Crippen molar-refractivity contribution in [1.29, 1.82) is 0 Å². The molecule has 3 aliphatic rings. The van der Waals surface area contributed by atoms with Gasteiger partial charge in [0.1, 0.15) is 6.79 Å². The molecule has 0 aromatic carbocycles. The molecule has 0 spiro atoms. The number of aromatic nitrogens is 1. The van der Waals surface area contributed by atoms with Crippen molar-refractivity contribution in [2.75, 3.05) is 20.0 Å². The minimum Gasteiger partial charge on any atom is -0.377 e. The highest BCUT2D eigenvalue weighted by Gasteiger charge is 2.59. The zero-order valence-electron chi connectivity index (χ0n) is 16.8. The molecule has 3 fully saturated rings. The first-order chi connectivity index (χ1) is 13.0. The zero-order chi connectivity index (χ0) is 18.9. The molecule has 2 heterocycles. The summed E-state index contributed by atoms with van der Waals surface area (Å²) in [5, 5.41) is 0. The van der Waals surface area contributed by atoms with Crippen LogP contribution in [0, 0.1) is 22.7 Å². The fourth-order valence-corrected chi connectivity index (χ4v) is 6.23. The first-order valence-corrected chi connectivity index (χ1v) is 10.4. The van der Waals surface area contributed by atoms with Crippen LogP contribution in [0.5, 0.6) is 0 Å². The number of nitrogens with zero attached hydrogens (tertiary/aromatic N) is 1.